The maximum absolute atomic E-state index is 10.3. The van der Waals surface area contributed by atoms with Crippen molar-refractivity contribution in [3.05, 3.63) is 35.9 Å². The molecule has 2 saturated heterocycles. The van der Waals surface area contributed by atoms with E-state index in [-0.39, 0.29) is 30.9 Å². The Labute approximate surface area is 158 Å². The normalized spacial score (nSPS) is 21.5. The third kappa shape index (κ3) is 6.51. The molecule has 1 atom stereocenters. The molecule has 4 nitrogen and oxygen atoms in total. The van der Waals surface area contributed by atoms with Crippen molar-refractivity contribution in [1.29, 1.82) is 0 Å². The van der Waals surface area contributed by atoms with Crippen LogP contribution in [0, 0.1) is 0 Å². The van der Waals surface area contributed by atoms with Gasteiger partial charge in [-0.2, -0.15) is 0 Å². The number of hydrogen-bond acceptors (Lipinski definition) is 4. The van der Waals surface area contributed by atoms with Crippen LogP contribution in [0.25, 0.3) is 0 Å². The number of halogens is 2. The molecular weight excluding hydrogens is 347 g/mol. The number of hydrogen-bond donors (Lipinski definition) is 1. The van der Waals surface area contributed by atoms with E-state index in [0.717, 1.165) is 52.5 Å². The van der Waals surface area contributed by atoms with Crippen molar-refractivity contribution in [2.24, 2.45) is 0 Å². The molecule has 24 heavy (non-hydrogen) atoms. The van der Waals surface area contributed by atoms with Crippen LogP contribution in [0.4, 0.5) is 0 Å². The van der Waals surface area contributed by atoms with Crippen LogP contribution >= 0.6 is 24.8 Å². The molecule has 1 aromatic rings. The van der Waals surface area contributed by atoms with E-state index in [9.17, 15) is 5.11 Å². The van der Waals surface area contributed by atoms with Crippen LogP contribution in [0.15, 0.2) is 30.3 Å². The number of ether oxygens (including phenoxy) is 1. The molecule has 1 unspecified atom stereocenters. The molecule has 2 aliphatic heterocycles. The molecule has 0 spiro atoms. The van der Waals surface area contributed by atoms with Gasteiger partial charge in [0, 0.05) is 26.2 Å². The van der Waals surface area contributed by atoms with Crippen LogP contribution in [-0.2, 0) is 4.74 Å². The van der Waals surface area contributed by atoms with Gasteiger partial charge in [0.25, 0.3) is 0 Å². The van der Waals surface area contributed by atoms with E-state index >= 15 is 0 Å². The number of β-amino-alcohol motifs (C(OH)–C–C–N with tert-alkyl or cyclic N) is 1. The van der Waals surface area contributed by atoms with Crippen LogP contribution in [-0.4, -0.2) is 73.5 Å². The molecule has 6 heteroatoms. The lowest BCUT2D eigenvalue weighted by Crippen LogP contribution is -2.46. The molecule has 0 saturated carbocycles. The Balaban J connectivity index is 0.00000144. The average molecular weight is 377 g/mol. The number of aliphatic hydroxyl groups is 1. The first-order valence-electron chi connectivity index (χ1n) is 8.57. The van der Waals surface area contributed by atoms with Crippen molar-refractivity contribution in [2.75, 3.05) is 52.5 Å². The SMILES string of the molecule is Cl.Cl.OC(CN1CCOCC1)CN1CCC(c2ccccc2)CC1. The number of nitrogens with zero attached hydrogens (tertiary/aromatic N) is 2. The molecule has 1 aromatic carbocycles. The zero-order chi connectivity index (χ0) is 15.2. The minimum absolute atomic E-state index is 0. The van der Waals surface area contributed by atoms with Crippen molar-refractivity contribution in [2.45, 2.75) is 24.9 Å². The number of aliphatic hydroxyl groups excluding tert-OH is 1. The van der Waals surface area contributed by atoms with Gasteiger partial charge in [-0.05, 0) is 37.4 Å². The minimum Gasteiger partial charge on any atom is -0.390 e. The summed E-state index contributed by atoms with van der Waals surface area (Å²) in [5, 5.41) is 10.3. The minimum atomic E-state index is -0.244. The Hall–Kier alpha value is -0.360. The van der Waals surface area contributed by atoms with Gasteiger partial charge < -0.3 is 14.7 Å². The standard InChI is InChI=1S/C18H28N2O2.2ClH/c21-18(15-20-10-12-22-13-11-20)14-19-8-6-17(7-9-19)16-4-2-1-3-5-16;;/h1-5,17-18,21H,6-15H2;2*1H. The van der Waals surface area contributed by atoms with E-state index in [1.165, 1.54) is 18.4 Å². The fourth-order valence-electron chi connectivity index (χ4n) is 3.61. The van der Waals surface area contributed by atoms with Gasteiger partial charge >= 0.3 is 0 Å². The third-order valence-electron chi connectivity index (χ3n) is 4.90. The number of morpholine rings is 1. The third-order valence-corrected chi connectivity index (χ3v) is 4.90. The second kappa shape index (κ2) is 11.3. The van der Waals surface area contributed by atoms with Gasteiger partial charge in [-0.3, -0.25) is 4.90 Å². The van der Waals surface area contributed by atoms with E-state index in [1.807, 2.05) is 0 Å². The molecule has 0 bridgehead atoms. The van der Waals surface area contributed by atoms with Gasteiger partial charge in [-0.15, -0.1) is 24.8 Å². The number of piperidine rings is 1. The van der Waals surface area contributed by atoms with Crippen molar-refractivity contribution in [3.8, 4) is 0 Å². The lowest BCUT2D eigenvalue weighted by molar-refractivity contribution is 0.00509. The molecule has 2 fully saturated rings. The van der Waals surface area contributed by atoms with Crippen LogP contribution in [0.3, 0.4) is 0 Å². The summed E-state index contributed by atoms with van der Waals surface area (Å²) in [7, 11) is 0. The van der Waals surface area contributed by atoms with E-state index in [2.05, 4.69) is 40.1 Å². The number of benzene rings is 1. The zero-order valence-electron chi connectivity index (χ0n) is 14.2. The highest BCUT2D eigenvalue weighted by atomic mass is 35.5. The smallest absolute Gasteiger partial charge is 0.0793 e. The average Bonchev–Trinajstić information content (AvgIpc) is 2.57. The summed E-state index contributed by atoms with van der Waals surface area (Å²) < 4.78 is 5.35. The molecule has 2 aliphatic rings. The summed E-state index contributed by atoms with van der Waals surface area (Å²) in [4.78, 5) is 4.73. The van der Waals surface area contributed by atoms with Crippen molar-refractivity contribution in [1.82, 2.24) is 9.80 Å². The first-order chi connectivity index (χ1) is 10.8. The maximum atomic E-state index is 10.3. The summed E-state index contributed by atoms with van der Waals surface area (Å²) in [6, 6.07) is 10.8. The topological polar surface area (TPSA) is 35.9 Å². The highest BCUT2D eigenvalue weighted by molar-refractivity contribution is 5.85. The van der Waals surface area contributed by atoms with Crippen LogP contribution in [0.5, 0.6) is 0 Å². The molecule has 138 valence electrons. The Kier molecular flexibility index (Phi) is 10.2. The molecule has 0 aromatic heterocycles. The van der Waals surface area contributed by atoms with E-state index in [4.69, 9.17) is 4.74 Å². The predicted molar refractivity (Wildman–Crippen MR) is 103 cm³/mol. The fourth-order valence-corrected chi connectivity index (χ4v) is 3.61. The monoisotopic (exact) mass is 376 g/mol. The van der Waals surface area contributed by atoms with E-state index < -0.39 is 0 Å². The van der Waals surface area contributed by atoms with Gasteiger partial charge in [0.05, 0.1) is 19.3 Å². The largest absolute Gasteiger partial charge is 0.390 e. The molecule has 3 rings (SSSR count). The summed E-state index contributed by atoms with van der Waals surface area (Å²) in [6.45, 7) is 7.28. The van der Waals surface area contributed by atoms with Gasteiger partial charge in [0.15, 0.2) is 0 Å². The Morgan fingerprint density at radius 2 is 1.46 bits per heavy atom. The maximum Gasteiger partial charge on any atom is 0.0793 e. The van der Waals surface area contributed by atoms with Crippen LogP contribution in [0.1, 0.15) is 24.3 Å². The lowest BCUT2D eigenvalue weighted by Gasteiger charge is -2.35. The van der Waals surface area contributed by atoms with Gasteiger partial charge in [0.2, 0.25) is 0 Å². The van der Waals surface area contributed by atoms with Crippen molar-refractivity contribution in [3.63, 3.8) is 0 Å². The van der Waals surface area contributed by atoms with Crippen LogP contribution in [0.2, 0.25) is 0 Å². The quantitative estimate of drug-likeness (QED) is 0.855. The molecular formula is C18H30Cl2N2O2. The van der Waals surface area contributed by atoms with Crippen molar-refractivity contribution >= 4 is 24.8 Å². The first-order valence-corrected chi connectivity index (χ1v) is 8.57. The first kappa shape index (κ1) is 21.7. The fraction of sp³-hybridized carbons (Fsp3) is 0.667. The van der Waals surface area contributed by atoms with Gasteiger partial charge in [0.1, 0.15) is 0 Å². The summed E-state index contributed by atoms with van der Waals surface area (Å²) >= 11 is 0. The number of likely N-dealkylation sites (tertiary alicyclic amines) is 1. The second-order valence-electron chi connectivity index (χ2n) is 6.55. The molecule has 0 amide bonds. The Morgan fingerprint density at radius 1 is 0.917 bits per heavy atom. The summed E-state index contributed by atoms with van der Waals surface area (Å²) in [5.74, 6) is 0.689. The summed E-state index contributed by atoms with van der Waals surface area (Å²) in [5.41, 5.74) is 1.47. The van der Waals surface area contributed by atoms with E-state index in [0.29, 0.717) is 5.92 Å². The summed E-state index contributed by atoms with van der Waals surface area (Å²) in [6.07, 6.45) is 2.16. The number of rotatable bonds is 5. The second-order valence-corrected chi connectivity index (χ2v) is 6.55. The van der Waals surface area contributed by atoms with E-state index in [1.54, 1.807) is 0 Å². The van der Waals surface area contributed by atoms with Gasteiger partial charge in [-0.1, -0.05) is 30.3 Å². The Morgan fingerprint density at radius 3 is 2.04 bits per heavy atom. The molecule has 2 heterocycles. The van der Waals surface area contributed by atoms with Crippen LogP contribution < -0.4 is 0 Å². The van der Waals surface area contributed by atoms with Gasteiger partial charge in [-0.25, -0.2) is 0 Å². The van der Waals surface area contributed by atoms with Crippen molar-refractivity contribution < 1.29 is 9.84 Å². The highest BCUT2D eigenvalue weighted by Crippen LogP contribution is 2.27. The highest BCUT2D eigenvalue weighted by Gasteiger charge is 2.23. The molecule has 0 aliphatic carbocycles. The molecule has 1 N–H and O–H groups in total. The Bertz CT molecular complexity index is 436. The molecule has 0 radical (unpaired) electrons. The predicted octanol–water partition coefficient (Wildman–Crippen LogP) is 2.40. The lowest BCUT2D eigenvalue weighted by atomic mass is 9.89. The zero-order valence-corrected chi connectivity index (χ0v) is 15.8.